The number of Topliss-reactive ketones (excluding diaryl/α,β-unsaturated/α-hetero) is 1. The molecule has 0 spiro atoms. The van der Waals surface area contributed by atoms with E-state index in [-0.39, 0.29) is 29.7 Å². The molecule has 0 saturated heterocycles. The molecule has 0 unspecified atom stereocenters. The zero-order valence-corrected chi connectivity index (χ0v) is 13.9. The summed E-state index contributed by atoms with van der Waals surface area (Å²) in [5.41, 5.74) is -0.0199. The maximum absolute atomic E-state index is 12.4. The van der Waals surface area contributed by atoms with Gasteiger partial charge < -0.3 is 4.74 Å². The number of ether oxygens (including phenoxy) is 1. The normalized spacial score (nSPS) is 17.0. The first-order valence-electron chi connectivity index (χ1n) is 7.51. The number of hydrogen-bond acceptors (Lipinski definition) is 5. The zero-order valence-electron chi connectivity index (χ0n) is 13.1. The van der Waals surface area contributed by atoms with E-state index in [0.717, 1.165) is 12.8 Å². The SMILES string of the molecule is CC(=O)CC1(C(=O)OCc2ccc(S(N)(=O)=O)cc2)CCCC1. The van der Waals surface area contributed by atoms with Crippen molar-refractivity contribution in [2.75, 3.05) is 0 Å². The fourth-order valence-corrected chi connectivity index (χ4v) is 3.57. The Morgan fingerprint density at radius 1 is 1.17 bits per heavy atom. The van der Waals surface area contributed by atoms with E-state index in [1.54, 1.807) is 12.1 Å². The van der Waals surface area contributed by atoms with Crippen molar-refractivity contribution >= 4 is 21.8 Å². The van der Waals surface area contributed by atoms with Gasteiger partial charge in [-0.15, -0.1) is 0 Å². The molecule has 23 heavy (non-hydrogen) atoms. The first kappa shape index (κ1) is 17.6. The standard InChI is InChI=1S/C16H21NO5S/c1-12(18)10-16(8-2-3-9-16)15(19)22-11-13-4-6-14(7-5-13)23(17,20)21/h4-7H,2-3,8-11H2,1H3,(H2,17,20,21). The van der Waals surface area contributed by atoms with E-state index < -0.39 is 15.4 Å². The number of carbonyl (C=O) groups excluding carboxylic acids is 2. The lowest BCUT2D eigenvalue weighted by Gasteiger charge is -2.25. The van der Waals surface area contributed by atoms with Gasteiger partial charge in [-0.3, -0.25) is 9.59 Å². The number of primary sulfonamides is 1. The average Bonchev–Trinajstić information content (AvgIpc) is 2.93. The Balaban J connectivity index is 2.02. The summed E-state index contributed by atoms with van der Waals surface area (Å²) in [7, 11) is -3.73. The van der Waals surface area contributed by atoms with E-state index >= 15 is 0 Å². The molecule has 0 aliphatic heterocycles. The van der Waals surface area contributed by atoms with E-state index in [4.69, 9.17) is 9.88 Å². The van der Waals surface area contributed by atoms with Gasteiger partial charge in [-0.05, 0) is 37.5 Å². The van der Waals surface area contributed by atoms with Crippen molar-refractivity contribution in [3.05, 3.63) is 29.8 Å². The quantitative estimate of drug-likeness (QED) is 0.797. The number of rotatable bonds is 6. The van der Waals surface area contributed by atoms with Gasteiger partial charge in [-0.2, -0.15) is 0 Å². The predicted octanol–water partition coefficient (Wildman–Crippen LogP) is 1.92. The molecule has 0 radical (unpaired) electrons. The van der Waals surface area contributed by atoms with Crippen molar-refractivity contribution in [2.24, 2.45) is 10.6 Å². The van der Waals surface area contributed by atoms with Crippen LogP contribution < -0.4 is 5.14 Å². The second-order valence-corrected chi connectivity index (χ2v) is 7.69. The van der Waals surface area contributed by atoms with E-state index in [1.807, 2.05) is 0 Å². The molecule has 2 rings (SSSR count). The number of sulfonamides is 1. The molecule has 7 heteroatoms. The van der Waals surface area contributed by atoms with Crippen molar-refractivity contribution in [1.29, 1.82) is 0 Å². The molecular formula is C16H21NO5S. The molecule has 1 fully saturated rings. The monoisotopic (exact) mass is 339 g/mol. The maximum Gasteiger partial charge on any atom is 0.312 e. The topological polar surface area (TPSA) is 104 Å². The molecule has 0 aromatic heterocycles. The van der Waals surface area contributed by atoms with Crippen molar-refractivity contribution < 1.29 is 22.7 Å². The van der Waals surface area contributed by atoms with Crippen LogP contribution in [0.4, 0.5) is 0 Å². The Bertz CT molecular complexity index is 688. The number of ketones is 1. The van der Waals surface area contributed by atoms with Crippen LogP contribution in [0.3, 0.4) is 0 Å². The number of esters is 1. The van der Waals surface area contributed by atoms with Crippen LogP contribution in [-0.4, -0.2) is 20.2 Å². The summed E-state index contributed by atoms with van der Waals surface area (Å²) < 4.78 is 27.7. The molecular weight excluding hydrogens is 318 g/mol. The highest BCUT2D eigenvalue weighted by molar-refractivity contribution is 7.89. The second kappa shape index (κ2) is 6.80. The van der Waals surface area contributed by atoms with Crippen molar-refractivity contribution in [3.63, 3.8) is 0 Å². The van der Waals surface area contributed by atoms with Crippen LogP contribution in [0.2, 0.25) is 0 Å². The number of hydrogen-bond donors (Lipinski definition) is 1. The highest BCUT2D eigenvalue weighted by Gasteiger charge is 2.43. The summed E-state index contributed by atoms with van der Waals surface area (Å²) in [6, 6.07) is 5.86. The van der Waals surface area contributed by atoms with E-state index in [1.165, 1.54) is 19.1 Å². The second-order valence-electron chi connectivity index (χ2n) is 6.13. The lowest BCUT2D eigenvalue weighted by molar-refractivity contribution is -0.159. The summed E-state index contributed by atoms with van der Waals surface area (Å²) in [6.45, 7) is 1.53. The molecule has 2 N–H and O–H groups in total. The highest BCUT2D eigenvalue weighted by Crippen LogP contribution is 2.42. The van der Waals surface area contributed by atoms with Gasteiger partial charge in [0.15, 0.2) is 0 Å². The van der Waals surface area contributed by atoms with Crippen LogP contribution in [-0.2, 0) is 31.0 Å². The van der Waals surface area contributed by atoms with Crippen LogP contribution in [0.25, 0.3) is 0 Å². The third-order valence-corrected chi connectivity index (χ3v) is 5.13. The minimum absolute atomic E-state index is 0.0106. The van der Waals surface area contributed by atoms with Crippen molar-refractivity contribution in [1.82, 2.24) is 0 Å². The Labute approximate surface area is 136 Å². The third-order valence-electron chi connectivity index (χ3n) is 4.20. The molecule has 1 saturated carbocycles. The molecule has 1 aliphatic rings. The molecule has 0 amide bonds. The average molecular weight is 339 g/mol. The molecule has 1 aliphatic carbocycles. The van der Waals surface area contributed by atoms with Gasteiger partial charge in [0, 0.05) is 6.42 Å². The van der Waals surface area contributed by atoms with Crippen LogP contribution in [0.15, 0.2) is 29.2 Å². The molecule has 0 heterocycles. The van der Waals surface area contributed by atoms with Gasteiger partial charge in [-0.25, -0.2) is 13.6 Å². The number of benzene rings is 1. The van der Waals surface area contributed by atoms with Gasteiger partial charge in [0.1, 0.15) is 12.4 Å². The Kier molecular flexibility index (Phi) is 5.21. The predicted molar refractivity (Wildman–Crippen MR) is 83.8 cm³/mol. The first-order chi connectivity index (χ1) is 10.7. The summed E-state index contributed by atoms with van der Waals surface area (Å²) in [5.74, 6) is -0.359. The maximum atomic E-state index is 12.4. The lowest BCUT2D eigenvalue weighted by atomic mass is 9.81. The van der Waals surface area contributed by atoms with Gasteiger partial charge in [0.05, 0.1) is 10.3 Å². The summed E-state index contributed by atoms with van der Waals surface area (Å²) in [4.78, 5) is 23.9. The van der Waals surface area contributed by atoms with Gasteiger partial charge in [-0.1, -0.05) is 25.0 Å². The van der Waals surface area contributed by atoms with Gasteiger partial charge in [0.25, 0.3) is 0 Å². The van der Waals surface area contributed by atoms with Crippen LogP contribution in [0, 0.1) is 5.41 Å². The molecule has 126 valence electrons. The Morgan fingerprint density at radius 2 is 1.74 bits per heavy atom. The highest BCUT2D eigenvalue weighted by atomic mass is 32.2. The van der Waals surface area contributed by atoms with E-state index in [2.05, 4.69) is 0 Å². The molecule has 1 aromatic rings. The summed E-state index contributed by atoms with van der Waals surface area (Å²) >= 11 is 0. The lowest BCUT2D eigenvalue weighted by Crippen LogP contribution is -2.32. The van der Waals surface area contributed by atoms with Crippen LogP contribution in [0.1, 0.15) is 44.6 Å². The Hall–Kier alpha value is -1.73. The molecule has 0 atom stereocenters. The smallest absolute Gasteiger partial charge is 0.312 e. The van der Waals surface area contributed by atoms with Crippen LogP contribution in [0.5, 0.6) is 0 Å². The molecule has 0 bridgehead atoms. The van der Waals surface area contributed by atoms with E-state index in [9.17, 15) is 18.0 Å². The Morgan fingerprint density at radius 3 is 2.22 bits per heavy atom. The molecule has 1 aromatic carbocycles. The molecule has 6 nitrogen and oxygen atoms in total. The zero-order chi connectivity index (χ0) is 17.1. The fourth-order valence-electron chi connectivity index (χ4n) is 3.06. The largest absolute Gasteiger partial charge is 0.460 e. The number of nitrogens with two attached hydrogens (primary N) is 1. The van der Waals surface area contributed by atoms with Crippen molar-refractivity contribution in [3.8, 4) is 0 Å². The van der Waals surface area contributed by atoms with Gasteiger partial charge >= 0.3 is 5.97 Å². The van der Waals surface area contributed by atoms with E-state index in [0.29, 0.717) is 18.4 Å². The van der Waals surface area contributed by atoms with Crippen LogP contribution >= 0.6 is 0 Å². The number of carbonyl (C=O) groups is 2. The fraction of sp³-hybridized carbons (Fsp3) is 0.500. The summed E-state index contributed by atoms with van der Waals surface area (Å²) in [6.07, 6.45) is 3.42. The first-order valence-corrected chi connectivity index (χ1v) is 9.06. The minimum Gasteiger partial charge on any atom is -0.460 e. The van der Waals surface area contributed by atoms with Gasteiger partial charge in [0.2, 0.25) is 10.0 Å². The third kappa shape index (κ3) is 4.39. The summed E-state index contributed by atoms with van der Waals surface area (Å²) in [5, 5.41) is 5.03. The minimum atomic E-state index is -3.73. The van der Waals surface area contributed by atoms with Crippen molar-refractivity contribution in [2.45, 2.75) is 50.5 Å².